The average Bonchev–Trinajstić information content (AvgIpc) is 2.87. The maximum absolute atomic E-state index is 11.8. The zero-order valence-electron chi connectivity index (χ0n) is 12.7. The molecule has 0 atom stereocenters. The maximum Gasteiger partial charge on any atom is 0.273 e. The molecule has 0 aliphatic rings. The highest BCUT2D eigenvalue weighted by Gasteiger charge is 2.19. The number of benzene rings is 1. The first-order valence-electron chi connectivity index (χ1n) is 6.84. The number of carbonyl (C=O) groups is 1. The second-order valence-corrected chi connectivity index (χ2v) is 5.85. The predicted molar refractivity (Wildman–Crippen MR) is 89.1 cm³/mol. The normalized spacial score (nSPS) is 11.0. The molecule has 1 amide bonds. The van der Waals surface area contributed by atoms with E-state index in [9.17, 15) is 4.79 Å². The van der Waals surface area contributed by atoms with Gasteiger partial charge in [0.1, 0.15) is 0 Å². The molecule has 0 unspecified atom stereocenters. The van der Waals surface area contributed by atoms with Crippen LogP contribution in [-0.4, -0.2) is 32.8 Å². The van der Waals surface area contributed by atoms with Crippen LogP contribution in [0.5, 0.6) is 0 Å². The van der Waals surface area contributed by atoms with E-state index in [2.05, 4.69) is 20.6 Å². The topological polar surface area (TPSA) is 72.2 Å². The molecule has 0 fully saturated rings. The van der Waals surface area contributed by atoms with Crippen LogP contribution in [0.1, 0.15) is 21.9 Å². The molecule has 1 N–H and O–H groups in total. The van der Waals surface area contributed by atoms with Crippen LogP contribution < -0.4 is 5.32 Å². The Morgan fingerprint density at radius 2 is 1.91 bits per heavy atom. The lowest BCUT2D eigenvalue weighted by Crippen LogP contribution is -2.22. The van der Waals surface area contributed by atoms with Crippen molar-refractivity contribution in [1.82, 2.24) is 25.1 Å². The van der Waals surface area contributed by atoms with Crippen molar-refractivity contribution in [2.75, 3.05) is 7.05 Å². The van der Waals surface area contributed by atoms with E-state index in [0.717, 1.165) is 16.8 Å². The Kier molecular flexibility index (Phi) is 3.95. The molecular formula is C15H13Cl2N5O. The van der Waals surface area contributed by atoms with Gasteiger partial charge in [-0.15, -0.1) is 10.2 Å². The van der Waals surface area contributed by atoms with Gasteiger partial charge in [-0.1, -0.05) is 29.3 Å². The number of aryl methyl sites for hydroxylation is 2. The van der Waals surface area contributed by atoms with Crippen LogP contribution in [-0.2, 0) is 0 Å². The Morgan fingerprint density at radius 3 is 2.57 bits per heavy atom. The Bertz CT molecular complexity index is 935. The number of hydrogen-bond donors (Lipinski definition) is 1. The molecule has 0 spiro atoms. The Morgan fingerprint density at radius 1 is 1.17 bits per heavy atom. The molecule has 0 aliphatic heterocycles. The van der Waals surface area contributed by atoms with Crippen LogP contribution in [0.3, 0.4) is 0 Å². The molecule has 0 aliphatic carbocycles. The number of rotatable bonds is 2. The SMILES string of the molecule is CNC(=O)c1nnc2c(-c3ccc(Cl)c(Cl)c3)c(C)nn2c1C. The lowest BCUT2D eigenvalue weighted by atomic mass is 10.1. The number of nitrogens with one attached hydrogen (secondary N) is 1. The highest BCUT2D eigenvalue weighted by Crippen LogP contribution is 2.32. The number of nitrogens with zero attached hydrogens (tertiary/aromatic N) is 4. The standard InChI is InChI=1S/C15H13Cl2N5O/c1-7-12(9-4-5-10(16)11(17)6-9)14-20-19-13(15(23)18-3)8(2)22(14)21-7/h4-6H,1-3H3,(H,18,23). The molecule has 3 aromatic rings. The molecule has 0 saturated heterocycles. The van der Waals surface area contributed by atoms with Crippen LogP contribution in [0.25, 0.3) is 16.8 Å². The first kappa shape index (κ1) is 15.7. The lowest BCUT2D eigenvalue weighted by Gasteiger charge is -2.05. The van der Waals surface area contributed by atoms with Crippen molar-refractivity contribution in [2.45, 2.75) is 13.8 Å². The minimum Gasteiger partial charge on any atom is -0.354 e. The van der Waals surface area contributed by atoms with Gasteiger partial charge in [-0.2, -0.15) is 5.10 Å². The second-order valence-electron chi connectivity index (χ2n) is 5.04. The van der Waals surface area contributed by atoms with Crippen LogP contribution in [0.2, 0.25) is 10.0 Å². The highest BCUT2D eigenvalue weighted by atomic mass is 35.5. The highest BCUT2D eigenvalue weighted by molar-refractivity contribution is 6.42. The molecule has 118 valence electrons. The van der Waals surface area contributed by atoms with E-state index in [4.69, 9.17) is 23.2 Å². The first-order valence-corrected chi connectivity index (χ1v) is 7.59. The number of halogens is 2. The molecule has 23 heavy (non-hydrogen) atoms. The Labute approximate surface area is 142 Å². The summed E-state index contributed by atoms with van der Waals surface area (Å²) in [5, 5.41) is 16.2. The minimum absolute atomic E-state index is 0.239. The summed E-state index contributed by atoms with van der Waals surface area (Å²) in [6, 6.07) is 5.33. The molecule has 6 nitrogen and oxygen atoms in total. The fourth-order valence-corrected chi connectivity index (χ4v) is 2.73. The van der Waals surface area contributed by atoms with E-state index in [-0.39, 0.29) is 11.6 Å². The molecule has 0 bridgehead atoms. The zero-order valence-corrected chi connectivity index (χ0v) is 14.2. The molecule has 8 heteroatoms. The fourth-order valence-electron chi connectivity index (χ4n) is 2.43. The Balaban J connectivity index is 2.27. The molecule has 0 saturated carbocycles. The summed E-state index contributed by atoms with van der Waals surface area (Å²) in [5.41, 5.74) is 3.82. The van der Waals surface area contributed by atoms with Gasteiger partial charge in [0, 0.05) is 7.05 Å². The van der Waals surface area contributed by atoms with Gasteiger partial charge in [-0.05, 0) is 31.5 Å². The molecular weight excluding hydrogens is 337 g/mol. The van der Waals surface area contributed by atoms with E-state index in [1.54, 1.807) is 30.6 Å². The van der Waals surface area contributed by atoms with E-state index in [0.29, 0.717) is 21.4 Å². The van der Waals surface area contributed by atoms with Crippen LogP contribution >= 0.6 is 23.2 Å². The minimum atomic E-state index is -0.304. The third-order valence-corrected chi connectivity index (χ3v) is 4.33. The summed E-state index contributed by atoms with van der Waals surface area (Å²) in [7, 11) is 1.54. The maximum atomic E-state index is 11.8. The smallest absolute Gasteiger partial charge is 0.273 e. The van der Waals surface area contributed by atoms with E-state index < -0.39 is 0 Å². The van der Waals surface area contributed by atoms with Crippen molar-refractivity contribution in [2.24, 2.45) is 0 Å². The van der Waals surface area contributed by atoms with Crippen LogP contribution in [0.15, 0.2) is 18.2 Å². The summed E-state index contributed by atoms with van der Waals surface area (Å²) in [6.45, 7) is 3.64. The van der Waals surface area contributed by atoms with Gasteiger partial charge in [-0.25, -0.2) is 4.52 Å². The third kappa shape index (κ3) is 2.54. The van der Waals surface area contributed by atoms with Crippen molar-refractivity contribution in [1.29, 1.82) is 0 Å². The van der Waals surface area contributed by atoms with Crippen molar-refractivity contribution < 1.29 is 4.79 Å². The molecule has 1 aromatic carbocycles. The molecule has 2 aromatic heterocycles. The van der Waals surface area contributed by atoms with Gasteiger partial charge in [0.05, 0.1) is 27.0 Å². The van der Waals surface area contributed by atoms with Gasteiger partial charge in [0.25, 0.3) is 5.91 Å². The largest absolute Gasteiger partial charge is 0.354 e. The first-order chi connectivity index (χ1) is 10.9. The van der Waals surface area contributed by atoms with Gasteiger partial charge in [0.2, 0.25) is 0 Å². The quantitative estimate of drug-likeness (QED) is 0.771. The second kappa shape index (κ2) is 5.79. The van der Waals surface area contributed by atoms with E-state index in [1.807, 2.05) is 13.0 Å². The van der Waals surface area contributed by atoms with Gasteiger partial charge >= 0.3 is 0 Å². The summed E-state index contributed by atoms with van der Waals surface area (Å²) >= 11 is 12.1. The van der Waals surface area contributed by atoms with Gasteiger partial charge in [-0.3, -0.25) is 4.79 Å². The number of hydrogen-bond acceptors (Lipinski definition) is 4. The molecule has 3 rings (SSSR count). The van der Waals surface area contributed by atoms with Crippen molar-refractivity contribution >= 4 is 34.8 Å². The van der Waals surface area contributed by atoms with Crippen LogP contribution in [0, 0.1) is 13.8 Å². The summed E-state index contributed by atoms with van der Waals surface area (Å²) in [4.78, 5) is 11.8. The number of aromatic nitrogens is 4. The third-order valence-electron chi connectivity index (χ3n) is 3.59. The van der Waals surface area contributed by atoms with Crippen LogP contribution in [0.4, 0.5) is 0 Å². The summed E-state index contributed by atoms with van der Waals surface area (Å²) in [6.07, 6.45) is 0. The summed E-state index contributed by atoms with van der Waals surface area (Å²) < 4.78 is 1.62. The van der Waals surface area contributed by atoms with Gasteiger partial charge in [0.15, 0.2) is 11.3 Å². The van der Waals surface area contributed by atoms with Gasteiger partial charge < -0.3 is 5.32 Å². The monoisotopic (exact) mass is 349 g/mol. The molecule has 2 heterocycles. The van der Waals surface area contributed by atoms with E-state index >= 15 is 0 Å². The Hall–Kier alpha value is -2.18. The zero-order chi connectivity index (χ0) is 16.7. The van der Waals surface area contributed by atoms with Crippen molar-refractivity contribution in [3.05, 3.63) is 45.3 Å². The van der Waals surface area contributed by atoms with Crippen molar-refractivity contribution in [3.8, 4) is 11.1 Å². The lowest BCUT2D eigenvalue weighted by molar-refractivity contribution is 0.0955. The fraction of sp³-hybridized carbons (Fsp3) is 0.200. The number of amides is 1. The average molecular weight is 350 g/mol. The summed E-state index contributed by atoms with van der Waals surface area (Å²) in [5.74, 6) is -0.304. The number of fused-ring (bicyclic) bond motifs is 1. The van der Waals surface area contributed by atoms with Crippen molar-refractivity contribution in [3.63, 3.8) is 0 Å². The van der Waals surface area contributed by atoms with E-state index in [1.165, 1.54) is 0 Å². The number of carbonyl (C=O) groups excluding carboxylic acids is 1. The molecule has 0 radical (unpaired) electrons. The predicted octanol–water partition coefficient (Wildman–Crippen LogP) is 3.07.